The third-order valence-electron chi connectivity index (χ3n) is 7.92. The highest BCUT2D eigenvalue weighted by atomic mass is 35.5. The number of carbonyl (C=O) groups excluding carboxylic acids is 3. The SMILES string of the molecule is CCOC(=O)c1ccc(CONC(=O)[C@@H]2c3ccccc3C(=O)N([C@H]3CCCC[C@@H]3NS(C)(=O)=O)[C@H]2c2ccc(Cl)cc2Cl)s1. The zero-order chi connectivity index (χ0) is 32.3. The molecule has 0 unspecified atom stereocenters. The number of carbonyl (C=O) groups is 3. The van der Waals surface area contributed by atoms with E-state index in [0.717, 1.165) is 19.1 Å². The van der Waals surface area contributed by atoms with Gasteiger partial charge in [0.25, 0.3) is 11.8 Å². The number of fused-ring (bicyclic) bond motifs is 1. The van der Waals surface area contributed by atoms with E-state index in [4.69, 9.17) is 32.8 Å². The number of benzene rings is 2. The van der Waals surface area contributed by atoms with Gasteiger partial charge < -0.3 is 9.64 Å². The first-order valence-corrected chi connectivity index (χ1v) is 18.0. The van der Waals surface area contributed by atoms with Gasteiger partial charge in [-0.3, -0.25) is 14.4 Å². The second-order valence-corrected chi connectivity index (χ2v) is 14.8. The monoisotopic (exact) mass is 693 g/mol. The third-order valence-corrected chi connectivity index (χ3v) is 10.2. The van der Waals surface area contributed by atoms with Gasteiger partial charge in [-0.15, -0.1) is 11.3 Å². The zero-order valence-electron chi connectivity index (χ0n) is 24.6. The van der Waals surface area contributed by atoms with Crippen LogP contribution in [-0.4, -0.2) is 56.0 Å². The van der Waals surface area contributed by atoms with E-state index in [0.29, 0.717) is 44.3 Å². The van der Waals surface area contributed by atoms with Gasteiger partial charge in [0.05, 0.1) is 24.8 Å². The number of hydrogen-bond acceptors (Lipinski definition) is 8. The lowest BCUT2D eigenvalue weighted by Crippen LogP contribution is -2.59. The summed E-state index contributed by atoms with van der Waals surface area (Å²) in [6.45, 7) is 1.97. The Morgan fingerprint density at radius 2 is 1.80 bits per heavy atom. The minimum Gasteiger partial charge on any atom is -0.462 e. The maximum atomic E-state index is 14.3. The highest BCUT2D eigenvalue weighted by Gasteiger charge is 2.49. The first-order chi connectivity index (χ1) is 21.5. The molecule has 5 rings (SSSR count). The number of sulfonamides is 1. The minimum atomic E-state index is -3.60. The molecule has 14 heteroatoms. The molecule has 4 atom stereocenters. The number of halogens is 2. The summed E-state index contributed by atoms with van der Waals surface area (Å²) in [5, 5.41) is 0.645. The van der Waals surface area contributed by atoms with Crippen molar-refractivity contribution in [1.82, 2.24) is 15.1 Å². The average Bonchev–Trinajstić information content (AvgIpc) is 3.46. The van der Waals surface area contributed by atoms with E-state index in [2.05, 4.69) is 10.2 Å². The Morgan fingerprint density at radius 3 is 2.53 bits per heavy atom. The lowest BCUT2D eigenvalue weighted by Gasteiger charge is -2.49. The van der Waals surface area contributed by atoms with E-state index < -0.39 is 45.9 Å². The molecule has 2 aliphatic rings. The zero-order valence-corrected chi connectivity index (χ0v) is 27.8. The fraction of sp³-hybridized carbons (Fsp3) is 0.387. The van der Waals surface area contributed by atoms with E-state index in [1.165, 1.54) is 11.3 Å². The van der Waals surface area contributed by atoms with Gasteiger partial charge in [0.2, 0.25) is 10.0 Å². The number of rotatable bonds is 10. The number of nitrogens with one attached hydrogen (secondary N) is 2. The Labute approximate surface area is 276 Å². The topological polar surface area (TPSA) is 131 Å². The van der Waals surface area contributed by atoms with Gasteiger partial charge in [-0.2, -0.15) is 0 Å². The van der Waals surface area contributed by atoms with Crippen LogP contribution < -0.4 is 10.2 Å². The van der Waals surface area contributed by atoms with Crippen molar-refractivity contribution in [3.05, 3.63) is 91.1 Å². The lowest BCUT2D eigenvalue weighted by molar-refractivity contribution is -0.138. The largest absolute Gasteiger partial charge is 0.462 e. The molecule has 2 heterocycles. The molecule has 2 aromatic carbocycles. The van der Waals surface area contributed by atoms with Crippen LogP contribution in [0, 0.1) is 0 Å². The second kappa shape index (κ2) is 14.2. The number of nitrogens with zero attached hydrogens (tertiary/aromatic N) is 1. The van der Waals surface area contributed by atoms with Gasteiger partial charge in [0.1, 0.15) is 11.5 Å². The molecule has 1 fully saturated rings. The predicted molar refractivity (Wildman–Crippen MR) is 172 cm³/mol. The van der Waals surface area contributed by atoms with Crippen molar-refractivity contribution in [3.63, 3.8) is 0 Å². The van der Waals surface area contributed by atoms with Crippen LogP contribution in [0.15, 0.2) is 54.6 Å². The summed E-state index contributed by atoms with van der Waals surface area (Å²) in [6, 6.07) is 13.1. The van der Waals surface area contributed by atoms with Crippen LogP contribution in [0.2, 0.25) is 10.0 Å². The summed E-state index contributed by atoms with van der Waals surface area (Å²) in [5.41, 5.74) is 3.87. The second-order valence-electron chi connectivity index (χ2n) is 11.0. The van der Waals surface area contributed by atoms with Crippen molar-refractivity contribution < 1.29 is 32.4 Å². The van der Waals surface area contributed by atoms with Crippen LogP contribution in [0.3, 0.4) is 0 Å². The molecular weight excluding hydrogens is 661 g/mol. The quantitative estimate of drug-likeness (QED) is 0.208. The Kier molecular flexibility index (Phi) is 10.5. The number of hydroxylamine groups is 1. The Bertz CT molecular complexity index is 1700. The molecule has 2 amide bonds. The molecule has 1 aromatic heterocycles. The summed E-state index contributed by atoms with van der Waals surface area (Å²) in [7, 11) is -3.60. The molecule has 1 aliphatic heterocycles. The van der Waals surface area contributed by atoms with E-state index in [-0.39, 0.29) is 24.1 Å². The first-order valence-electron chi connectivity index (χ1n) is 14.5. The summed E-state index contributed by atoms with van der Waals surface area (Å²) < 4.78 is 32.5. The highest BCUT2D eigenvalue weighted by Crippen LogP contribution is 2.47. The normalized spacial score (nSPS) is 21.7. The first kappa shape index (κ1) is 33.4. The third kappa shape index (κ3) is 7.53. The Hall–Kier alpha value is -3.00. The molecule has 2 N–H and O–H groups in total. The van der Waals surface area contributed by atoms with E-state index in [1.54, 1.807) is 66.4 Å². The van der Waals surface area contributed by atoms with Crippen molar-refractivity contribution in [2.75, 3.05) is 12.9 Å². The van der Waals surface area contributed by atoms with Gasteiger partial charge >= 0.3 is 5.97 Å². The summed E-state index contributed by atoms with van der Waals surface area (Å²) in [5.74, 6) is -2.27. The molecule has 10 nitrogen and oxygen atoms in total. The van der Waals surface area contributed by atoms with E-state index in [9.17, 15) is 22.8 Å². The molecule has 1 saturated carbocycles. The number of esters is 1. The van der Waals surface area contributed by atoms with E-state index in [1.807, 2.05) is 0 Å². The van der Waals surface area contributed by atoms with Crippen molar-refractivity contribution in [2.45, 2.75) is 63.3 Å². The molecule has 0 radical (unpaired) electrons. The van der Waals surface area contributed by atoms with Gasteiger partial charge in [0, 0.05) is 32.6 Å². The van der Waals surface area contributed by atoms with Crippen LogP contribution in [0.4, 0.5) is 0 Å². The van der Waals surface area contributed by atoms with Crippen molar-refractivity contribution >= 4 is 62.3 Å². The van der Waals surface area contributed by atoms with Gasteiger partial charge in [0.15, 0.2) is 0 Å². The molecular formula is C31H33Cl2N3O7S2. The molecule has 1 aliphatic carbocycles. The van der Waals surface area contributed by atoms with Gasteiger partial charge in [-0.1, -0.05) is 60.3 Å². The maximum Gasteiger partial charge on any atom is 0.348 e. The highest BCUT2D eigenvalue weighted by molar-refractivity contribution is 7.88. The van der Waals surface area contributed by atoms with Crippen LogP contribution >= 0.6 is 34.5 Å². The summed E-state index contributed by atoms with van der Waals surface area (Å²) in [6.07, 6.45) is 3.70. The predicted octanol–water partition coefficient (Wildman–Crippen LogP) is 5.62. The van der Waals surface area contributed by atoms with Gasteiger partial charge in [-0.05, 0) is 61.2 Å². The summed E-state index contributed by atoms with van der Waals surface area (Å²) in [4.78, 5) is 48.9. The fourth-order valence-corrected chi connectivity index (χ4v) is 8.30. The standard InChI is InChI=1S/C31H33Cl2N3O7S2/c1-3-42-31(39)26-15-13-19(44-26)17-43-34-29(37)27-20-8-4-5-9-21(20)30(38)36(28(27)22-14-12-18(32)16-23(22)33)25-11-7-6-10-24(25)35-45(2,40)41/h4-5,8-9,12-16,24-25,27-28,35H,3,6-7,10-11,17H2,1-2H3,(H,34,37)/t24-,25-,27+,28-/m0/s1. The number of thiophene rings is 1. The van der Waals surface area contributed by atoms with Crippen molar-refractivity contribution in [3.8, 4) is 0 Å². The maximum absolute atomic E-state index is 14.3. The molecule has 0 bridgehead atoms. The lowest BCUT2D eigenvalue weighted by atomic mass is 9.76. The Balaban J connectivity index is 1.52. The minimum absolute atomic E-state index is 0.0117. The van der Waals surface area contributed by atoms with Crippen molar-refractivity contribution in [2.24, 2.45) is 0 Å². The van der Waals surface area contributed by atoms with Gasteiger partial charge in [-0.25, -0.2) is 23.4 Å². The molecule has 0 saturated heterocycles. The molecule has 0 spiro atoms. The number of ether oxygens (including phenoxy) is 1. The van der Waals surface area contributed by atoms with Crippen LogP contribution in [0.5, 0.6) is 0 Å². The number of amides is 2. The number of hydrogen-bond donors (Lipinski definition) is 2. The smallest absolute Gasteiger partial charge is 0.348 e. The van der Waals surface area contributed by atoms with Crippen molar-refractivity contribution in [1.29, 1.82) is 0 Å². The van der Waals surface area contributed by atoms with Crippen LogP contribution in [0.1, 0.15) is 80.6 Å². The van der Waals surface area contributed by atoms with Crippen LogP contribution in [0.25, 0.3) is 0 Å². The van der Waals surface area contributed by atoms with E-state index >= 15 is 0 Å². The molecule has 3 aromatic rings. The molecule has 45 heavy (non-hydrogen) atoms. The summed E-state index contributed by atoms with van der Waals surface area (Å²) >= 11 is 14.2. The Morgan fingerprint density at radius 1 is 1.04 bits per heavy atom. The average molecular weight is 695 g/mol. The molecule has 240 valence electrons. The fourth-order valence-electron chi connectivity index (χ4n) is 6.14. The van der Waals surface area contributed by atoms with Crippen LogP contribution in [-0.2, 0) is 31.0 Å².